The van der Waals surface area contributed by atoms with Crippen LogP contribution in [0.5, 0.6) is 0 Å². The van der Waals surface area contributed by atoms with E-state index in [1.54, 1.807) is 0 Å². The average molecular weight is 371 g/mol. The third-order valence-electron chi connectivity index (χ3n) is 0.655. The summed E-state index contributed by atoms with van der Waals surface area (Å²) in [6.07, 6.45) is 9.50. The van der Waals surface area contributed by atoms with Crippen LogP contribution in [0, 0.1) is 37.0 Å². The van der Waals surface area contributed by atoms with E-state index in [0.717, 1.165) is 6.42 Å². The third-order valence-corrected chi connectivity index (χ3v) is 0.655. The molecule has 0 N–H and O–H groups in total. The van der Waals surface area contributed by atoms with Crippen LogP contribution in [0.25, 0.3) is 0 Å². The summed E-state index contributed by atoms with van der Waals surface area (Å²) >= 11 is 0. The molecule has 0 bridgehead atoms. The van der Waals surface area contributed by atoms with Crippen LogP contribution in [0.3, 0.4) is 0 Å². The molecule has 123 valence electrons. The van der Waals surface area contributed by atoms with Crippen molar-refractivity contribution in [3.63, 3.8) is 0 Å². The van der Waals surface area contributed by atoms with Crippen LogP contribution < -0.4 is 0 Å². The molecule has 0 saturated heterocycles. The monoisotopic (exact) mass is 369 g/mol. The van der Waals surface area contributed by atoms with Crippen molar-refractivity contribution in [2.24, 2.45) is 16.2 Å². The predicted octanol–water partition coefficient (Wildman–Crippen LogP) is 7.10. The minimum Gasteiger partial charge on any atom is -0.338 e. The van der Waals surface area contributed by atoms with Crippen LogP contribution in [-0.4, -0.2) is 0 Å². The first kappa shape index (κ1) is 29.4. The maximum Gasteiger partial charge on any atom is 3.00 e. The largest absolute Gasteiger partial charge is 3.00 e. The predicted molar refractivity (Wildman–Crippen MR) is 97.3 cm³/mol. The molecule has 0 aliphatic heterocycles. The minimum atomic E-state index is 0. The molecule has 0 unspecified atom stereocenters. The molecule has 0 saturated carbocycles. The van der Waals surface area contributed by atoms with E-state index in [2.05, 4.69) is 107 Å². The van der Waals surface area contributed by atoms with E-state index in [0.29, 0.717) is 0 Å². The van der Waals surface area contributed by atoms with Crippen LogP contribution >= 0.6 is 0 Å². The second kappa shape index (κ2) is 14.0. The summed E-state index contributed by atoms with van der Waals surface area (Å²) in [6.45, 7) is 30.0. The summed E-state index contributed by atoms with van der Waals surface area (Å²) in [6, 6.07) is 0. The normalized spacial score (nSPS) is 12.8. The van der Waals surface area contributed by atoms with Crippen molar-refractivity contribution in [2.75, 3.05) is 0 Å². The number of hydrogen-bond acceptors (Lipinski definition) is 0. The molecule has 0 heterocycles. The second-order valence-corrected chi connectivity index (χ2v) is 8.77. The Hall–Kier alpha value is 0.363. The van der Waals surface area contributed by atoms with Gasteiger partial charge in [0, 0.05) is 0 Å². The molecule has 0 atom stereocenters. The van der Waals surface area contributed by atoms with Gasteiger partial charge in [-0.1, -0.05) is 86.6 Å². The SMILES string of the molecule is C1=CCC=C1.[CH2-]C(C)(C)C.[CH2-]C(C)(C)C.[CH2-]C(C)(C)C.[Zr+3]. The molecule has 1 rings (SSSR count). The van der Waals surface area contributed by atoms with E-state index < -0.39 is 0 Å². The first-order chi connectivity index (χ1) is 8.50. The van der Waals surface area contributed by atoms with Gasteiger partial charge in [-0.05, 0) is 6.42 Å². The van der Waals surface area contributed by atoms with Crippen LogP contribution in [-0.2, 0) is 26.2 Å². The van der Waals surface area contributed by atoms with E-state index in [4.69, 9.17) is 0 Å². The maximum atomic E-state index is 3.77. The van der Waals surface area contributed by atoms with Crippen molar-refractivity contribution >= 4 is 0 Å². The van der Waals surface area contributed by atoms with E-state index in [9.17, 15) is 0 Å². The van der Waals surface area contributed by atoms with Crippen molar-refractivity contribution in [3.05, 3.63) is 45.1 Å². The van der Waals surface area contributed by atoms with Gasteiger partial charge in [0.2, 0.25) is 0 Å². The summed E-state index contributed by atoms with van der Waals surface area (Å²) in [4.78, 5) is 0. The van der Waals surface area contributed by atoms with Crippen molar-refractivity contribution in [1.82, 2.24) is 0 Å². The molecule has 1 aliphatic rings. The Kier molecular flexibility index (Phi) is 19.6. The average Bonchev–Trinajstić information content (AvgIpc) is 2.45. The Morgan fingerprint density at radius 1 is 0.571 bits per heavy atom. The molecule has 0 spiro atoms. The molecule has 0 aromatic carbocycles. The molecule has 1 heteroatoms. The Bertz CT molecular complexity index is 195. The van der Waals surface area contributed by atoms with Gasteiger partial charge in [-0.15, -0.1) is 0 Å². The van der Waals surface area contributed by atoms with Crippen molar-refractivity contribution < 1.29 is 26.2 Å². The number of hydrogen-bond donors (Lipinski definition) is 0. The summed E-state index contributed by atoms with van der Waals surface area (Å²) in [5, 5.41) is 0. The first-order valence-corrected chi connectivity index (χ1v) is 7.38. The van der Waals surface area contributed by atoms with Gasteiger partial charge >= 0.3 is 26.2 Å². The zero-order chi connectivity index (χ0) is 17.0. The quantitative estimate of drug-likeness (QED) is 0.399. The maximum absolute atomic E-state index is 3.77. The van der Waals surface area contributed by atoms with Gasteiger partial charge < -0.3 is 20.8 Å². The van der Waals surface area contributed by atoms with Gasteiger partial charge in [-0.2, -0.15) is 16.2 Å². The van der Waals surface area contributed by atoms with Gasteiger partial charge in [-0.25, -0.2) is 0 Å². The third kappa shape index (κ3) is 239. The fourth-order valence-corrected chi connectivity index (χ4v) is 0.393. The van der Waals surface area contributed by atoms with Crippen LogP contribution in [0.15, 0.2) is 24.3 Å². The van der Waals surface area contributed by atoms with Crippen LogP contribution in [0.1, 0.15) is 68.7 Å². The van der Waals surface area contributed by atoms with E-state index in [1.807, 2.05) is 0 Å². The zero-order valence-corrected chi connectivity index (χ0v) is 18.6. The molecular formula is C20H39Zr. The smallest absolute Gasteiger partial charge is 0.338 e. The Labute approximate surface area is 156 Å². The van der Waals surface area contributed by atoms with Gasteiger partial charge in [0.1, 0.15) is 0 Å². The van der Waals surface area contributed by atoms with Crippen molar-refractivity contribution in [2.45, 2.75) is 68.7 Å². The molecule has 21 heavy (non-hydrogen) atoms. The summed E-state index contributed by atoms with van der Waals surface area (Å²) in [5.74, 6) is 0. The van der Waals surface area contributed by atoms with Gasteiger partial charge in [0.15, 0.2) is 0 Å². The van der Waals surface area contributed by atoms with Gasteiger partial charge in [0.25, 0.3) is 0 Å². The Morgan fingerprint density at radius 3 is 0.762 bits per heavy atom. The van der Waals surface area contributed by atoms with E-state index >= 15 is 0 Å². The molecule has 1 aliphatic carbocycles. The topological polar surface area (TPSA) is 0 Å². The Morgan fingerprint density at radius 2 is 0.714 bits per heavy atom. The molecule has 0 aromatic heterocycles. The van der Waals surface area contributed by atoms with E-state index in [1.165, 1.54) is 0 Å². The molecule has 0 nitrogen and oxygen atoms in total. The first-order valence-electron chi connectivity index (χ1n) is 7.38. The number of rotatable bonds is 0. The molecular weight excluding hydrogens is 331 g/mol. The molecule has 1 radical (unpaired) electrons. The summed E-state index contributed by atoms with van der Waals surface area (Å²) in [7, 11) is 0. The standard InChI is InChI=1S/C5H6.3C5H11.Zr/c1-2-4-5-3-1;3*1-5(2,3)4;/h1-4H,5H2;3*1H2,2-4H3;/q;3*-1;+3. The molecule has 0 aromatic rings. The van der Waals surface area contributed by atoms with Crippen molar-refractivity contribution in [1.29, 1.82) is 0 Å². The minimum absolute atomic E-state index is 0. The second-order valence-electron chi connectivity index (χ2n) is 8.77. The molecule has 0 amide bonds. The van der Waals surface area contributed by atoms with Crippen LogP contribution in [0.4, 0.5) is 0 Å². The van der Waals surface area contributed by atoms with Crippen LogP contribution in [0.2, 0.25) is 0 Å². The summed E-state index contributed by atoms with van der Waals surface area (Å²) in [5.41, 5.74) is 0.750. The molecule has 0 fully saturated rings. The fraction of sp³-hybridized carbons (Fsp3) is 0.650. The number of allylic oxidation sites excluding steroid dienone is 4. The summed E-state index contributed by atoms with van der Waals surface area (Å²) < 4.78 is 0. The zero-order valence-electron chi connectivity index (χ0n) is 16.1. The fourth-order valence-electron chi connectivity index (χ4n) is 0.393. The van der Waals surface area contributed by atoms with Crippen molar-refractivity contribution in [3.8, 4) is 0 Å². The Balaban J connectivity index is -0.0000000903. The van der Waals surface area contributed by atoms with Gasteiger partial charge in [0.05, 0.1) is 0 Å². The van der Waals surface area contributed by atoms with Gasteiger partial charge in [-0.3, -0.25) is 0 Å². The van der Waals surface area contributed by atoms with E-state index in [-0.39, 0.29) is 42.4 Å².